The SMILES string of the molecule is C[C@@H]1CN(C(=O)[C@@H]2CN(c3cccnn3)C[C@H]2c2ccc(F)cc2F)C[C@H](C)[C@]1(O)c1ccccc1. The number of amides is 1. The van der Waals surface area contributed by atoms with Gasteiger partial charge in [-0.25, -0.2) is 8.78 Å². The largest absolute Gasteiger partial charge is 0.384 e. The monoisotopic (exact) mass is 492 g/mol. The summed E-state index contributed by atoms with van der Waals surface area (Å²) < 4.78 is 28.5. The number of aliphatic hydroxyl groups is 1. The smallest absolute Gasteiger partial charge is 0.228 e. The number of piperidine rings is 1. The van der Waals surface area contributed by atoms with E-state index in [4.69, 9.17) is 0 Å². The van der Waals surface area contributed by atoms with Crippen molar-refractivity contribution >= 4 is 11.7 Å². The molecule has 2 aliphatic heterocycles. The van der Waals surface area contributed by atoms with Gasteiger partial charge in [-0.15, -0.1) is 5.10 Å². The summed E-state index contributed by atoms with van der Waals surface area (Å²) in [6.45, 7) is 5.40. The standard InChI is InChI=1S/C28H30F2N4O2/c1-18-14-34(15-19(2)28(18,36)20-7-4-3-5-8-20)27(35)24-17-33(26-9-6-12-31-32-26)16-23(24)22-11-10-21(29)13-25(22)30/h3-13,18-19,23-24,36H,14-17H2,1-2H3/t18-,19+,23-,24+,28+/m0/s1. The molecule has 2 saturated heterocycles. The maximum atomic E-state index is 14.9. The molecule has 188 valence electrons. The predicted octanol–water partition coefficient (Wildman–Crippen LogP) is 3.98. The van der Waals surface area contributed by atoms with Crippen molar-refractivity contribution < 1.29 is 18.7 Å². The third-order valence-electron chi connectivity index (χ3n) is 7.92. The third-order valence-corrected chi connectivity index (χ3v) is 7.92. The Labute approximate surface area is 209 Å². The molecular formula is C28H30F2N4O2. The van der Waals surface area contributed by atoms with Crippen molar-refractivity contribution in [1.29, 1.82) is 0 Å². The summed E-state index contributed by atoms with van der Waals surface area (Å²) in [4.78, 5) is 17.7. The lowest BCUT2D eigenvalue weighted by Gasteiger charge is -2.48. The minimum atomic E-state index is -1.05. The first-order valence-electron chi connectivity index (χ1n) is 12.3. The van der Waals surface area contributed by atoms with Crippen molar-refractivity contribution in [1.82, 2.24) is 15.1 Å². The fourth-order valence-electron chi connectivity index (χ4n) is 6.01. The molecule has 0 radical (unpaired) electrons. The molecule has 0 aliphatic carbocycles. The molecule has 2 aromatic carbocycles. The fourth-order valence-corrected chi connectivity index (χ4v) is 6.01. The second kappa shape index (κ2) is 9.58. The molecule has 36 heavy (non-hydrogen) atoms. The number of nitrogens with zero attached hydrogens (tertiary/aromatic N) is 4. The average molecular weight is 493 g/mol. The second-order valence-electron chi connectivity index (χ2n) is 10.1. The Morgan fingerprint density at radius 1 is 0.972 bits per heavy atom. The van der Waals surface area contributed by atoms with Crippen LogP contribution in [-0.2, 0) is 10.4 Å². The van der Waals surface area contributed by atoms with Gasteiger partial charge in [0.05, 0.1) is 11.5 Å². The van der Waals surface area contributed by atoms with E-state index in [0.717, 1.165) is 11.6 Å². The number of likely N-dealkylation sites (tertiary alicyclic amines) is 1. The van der Waals surface area contributed by atoms with E-state index in [1.54, 1.807) is 17.2 Å². The number of rotatable bonds is 4. The van der Waals surface area contributed by atoms with Gasteiger partial charge < -0.3 is 14.9 Å². The van der Waals surface area contributed by atoms with Crippen LogP contribution in [0.2, 0.25) is 0 Å². The maximum absolute atomic E-state index is 14.9. The fraction of sp³-hybridized carbons (Fsp3) is 0.393. The van der Waals surface area contributed by atoms with Gasteiger partial charge in [0.1, 0.15) is 11.6 Å². The van der Waals surface area contributed by atoms with Crippen molar-refractivity contribution in [2.75, 3.05) is 31.1 Å². The molecule has 8 heteroatoms. The molecule has 0 spiro atoms. The van der Waals surface area contributed by atoms with Crippen LogP contribution in [0.4, 0.5) is 14.6 Å². The van der Waals surface area contributed by atoms with E-state index < -0.39 is 29.1 Å². The highest BCUT2D eigenvalue weighted by atomic mass is 19.1. The molecule has 0 unspecified atom stereocenters. The van der Waals surface area contributed by atoms with E-state index in [0.29, 0.717) is 37.6 Å². The lowest BCUT2D eigenvalue weighted by molar-refractivity contribution is -0.152. The van der Waals surface area contributed by atoms with Crippen molar-refractivity contribution in [3.8, 4) is 0 Å². The number of carbonyl (C=O) groups excluding carboxylic acids is 1. The molecule has 2 fully saturated rings. The lowest BCUT2D eigenvalue weighted by atomic mass is 9.70. The van der Waals surface area contributed by atoms with E-state index in [-0.39, 0.29) is 17.7 Å². The molecule has 5 rings (SSSR count). The first-order valence-corrected chi connectivity index (χ1v) is 12.3. The van der Waals surface area contributed by atoms with E-state index >= 15 is 0 Å². The first kappa shape index (κ1) is 24.3. The molecule has 3 heterocycles. The van der Waals surface area contributed by atoms with Gasteiger partial charge >= 0.3 is 0 Å². The van der Waals surface area contributed by atoms with Crippen LogP contribution in [0.5, 0.6) is 0 Å². The van der Waals surface area contributed by atoms with E-state index in [1.165, 1.54) is 12.1 Å². The van der Waals surface area contributed by atoms with Gasteiger partial charge in [0.2, 0.25) is 5.91 Å². The molecule has 6 nitrogen and oxygen atoms in total. The third kappa shape index (κ3) is 4.23. The van der Waals surface area contributed by atoms with Crippen LogP contribution < -0.4 is 4.90 Å². The van der Waals surface area contributed by atoms with E-state index in [9.17, 15) is 18.7 Å². The molecule has 0 saturated carbocycles. The number of aromatic nitrogens is 2. The molecule has 5 atom stereocenters. The Morgan fingerprint density at radius 2 is 1.69 bits per heavy atom. The van der Waals surface area contributed by atoms with Crippen LogP contribution in [-0.4, -0.2) is 52.3 Å². The Kier molecular flexibility index (Phi) is 6.47. The number of hydrogen-bond donors (Lipinski definition) is 1. The molecule has 1 amide bonds. The van der Waals surface area contributed by atoms with E-state index in [2.05, 4.69) is 10.2 Å². The maximum Gasteiger partial charge on any atom is 0.228 e. The lowest BCUT2D eigenvalue weighted by Crippen LogP contribution is -2.57. The minimum Gasteiger partial charge on any atom is -0.384 e. The van der Waals surface area contributed by atoms with Crippen molar-refractivity contribution in [3.63, 3.8) is 0 Å². The summed E-state index contributed by atoms with van der Waals surface area (Å²) in [7, 11) is 0. The zero-order chi connectivity index (χ0) is 25.4. The van der Waals surface area contributed by atoms with Crippen LogP contribution in [0.25, 0.3) is 0 Å². The molecule has 1 N–H and O–H groups in total. The van der Waals surface area contributed by atoms with Gasteiger partial charge in [-0.1, -0.05) is 50.2 Å². The highest BCUT2D eigenvalue weighted by Crippen LogP contribution is 2.43. The van der Waals surface area contributed by atoms with Crippen molar-refractivity contribution in [2.24, 2.45) is 17.8 Å². The van der Waals surface area contributed by atoms with Crippen LogP contribution in [0, 0.1) is 29.4 Å². The zero-order valence-corrected chi connectivity index (χ0v) is 20.4. The molecular weight excluding hydrogens is 462 g/mol. The van der Waals surface area contributed by atoms with Gasteiger partial charge in [0.25, 0.3) is 0 Å². The molecule has 1 aromatic heterocycles. The number of anilines is 1. The normalized spacial score (nSPS) is 28.4. The Bertz CT molecular complexity index is 1210. The Balaban J connectivity index is 1.43. The first-order chi connectivity index (χ1) is 17.3. The summed E-state index contributed by atoms with van der Waals surface area (Å²) >= 11 is 0. The van der Waals surface area contributed by atoms with Crippen LogP contribution >= 0.6 is 0 Å². The average Bonchev–Trinajstić information content (AvgIpc) is 3.32. The predicted molar refractivity (Wildman–Crippen MR) is 132 cm³/mol. The van der Waals surface area contributed by atoms with Crippen LogP contribution in [0.3, 0.4) is 0 Å². The van der Waals surface area contributed by atoms with Gasteiger partial charge in [-0.2, -0.15) is 5.10 Å². The molecule has 3 aromatic rings. The number of benzene rings is 2. The quantitative estimate of drug-likeness (QED) is 0.597. The molecule has 2 aliphatic rings. The van der Waals surface area contributed by atoms with Crippen LogP contribution in [0.1, 0.15) is 30.9 Å². The number of carbonyl (C=O) groups is 1. The van der Waals surface area contributed by atoms with Crippen molar-refractivity contribution in [3.05, 3.63) is 89.6 Å². The number of halogens is 2. The highest BCUT2D eigenvalue weighted by molar-refractivity contribution is 5.82. The van der Waals surface area contributed by atoms with Gasteiger partial charge in [0.15, 0.2) is 5.82 Å². The Hall–Kier alpha value is -3.39. The van der Waals surface area contributed by atoms with Crippen molar-refractivity contribution in [2.45, 2.75) is 25.4 Å². The summed E-state index contributed by atoms with van der Waals surface area (Å²) in [6, 6.07) is 16.7. The number of hydrogen-bond acceptors (Lipinski definition) is 5. The summed E-state index contributed by atoms with van der Waals surface area (Å²) in [5.74, 6) is -2.21. The second-order valence-corrected chi connectivity index (χ2v) is 10.1. The van der Waals surface area contributed by atoms with Gasteiger partial charge in [-0.05, 0) is 29.3 Å². The molecule has 0 bridgehead atoms. The summed E-state index contributed by atoms with van der Waals surface area (Å²) in [5, 5.41) is 19.8. The summed E-state index contributed by atoms with van der Waals surface area (Å²) in [5.41, 5.74) is 0.111. The minimum absolute atomic E-state index is 0.0936. The van der Waals surface area contributed by atoms with Crippen LogP contribution in [0.15, 0.2) is 66.9 Å². The summed E-state index contributed by atoms with van der Waals surface area (Å²) in [6.07, 6.45) is 1.57. The Morgan fingerprint density at radius 3 is 2.33 bits per heavy atom. The van der Waals surface area contributed by atoms with Gasteiger partial charge in [0, 0.05) is 56.2 Å². The highest BCUT2D eigenvalue weighted by Gasteiger charge is 2.49. The topological polar surface area (TPSA) is 69.6 Å². The van der Waals surface area contributed by atoms with Gasteiger partial charge in [-0.3, -0.25) is 4.79 Å². The zero-order valence-electron chi connectivity index (χ0n) is 20.4. The van der Waals surface area contributed by atoms with E-state index in [1.807, 2.05) is 55.1 Å².